The van der Waals surface area contributed by atoms with Crippen molar-refractivity contribution in [2.24, 2.45) is 5.92 Å². The molecule has 0 aromatic heterocycles. The highest BCUT2D eigenvalue weighted by atomic mass is 79.9. The number of carbonyl (C=O) groups excluding carboxylic acids is 3. The van der Waals surface area contributed by atoms with Crippen LogP contribution in [0.15, 0.2) is 40.9 Å². The van der Waals surface area contributed by atoms with Crippen LogP contribution in [0.2, 0.25) is 0 Å². The number of anilines is 2. The number of esters is 1. The third-order valence-corrected chi connectivity index (χ3v) is 5.40. The summed E-state index contributed by atoms with van der Waals surface area (Å²) < 4.78 is 6.08. The molecule has 1 atom stereocenters. The van der Waals surface area contributed by atoms with Crippen LogP contribution in [0.5, 0.6) is 0 Å². The Hall–Kier alpha value is -2.67. The smallest absolute Gasteiger partial charge is 0.311 e. The van der Waals surface area contributed by atoms with Gasteiger partial charge in [0.2, 0.25) is 5.91 Å². The molecule has 1 N–H and O–H groups in total. The van der Waals surface area contributed by atoms with Gasteiger partial charge in [-0.25, -0.2) is 0 Å². The Morgan fingerprint density at radius 2 is 1.90 bits per heavy atom. The van der Waals surface area contributed by atoms with Gasteiger partial charge in [-0.3, -0.25) is 14.4 Å². The Balaban J connectivity index is 1.56. The lowest BCUT2D eigenvalue weighted by Gasteiger charge is -2.19. The van der Waals surface area contributed by atoms with Crippen molar-refractivity contribution in [1.82, 2.24) is 0 Å². The molecule has 1 heterocycles. The van der Waals surface area contributed by atoms with Gasteiger partial charge in [0.05, 0.1) is 5.92 Å². The SMILES string of the molecule is Cc1ccc(N2C[C@H](C(=O)OCC(=O)Nc3ccc(Br)cc3C)CC2=O)c(C)c1. The Bertz CT molecular complexity index is 973. The lowest BCUT2D eigenvalue weighted by Crippen LogP contribution is -2.28. The molecular weight excluding hydrogens is 436 g/mol. The molecule has 0 unspecified atom stereocenters. The van der Waals surface area contributed by atoms with E-state index in [0.29, 0.717) is 5.69 Å². The summed E-state index contributed by atoms with van der Waals surface area (Å²) in [6.45, 7) is 5.68. The van der Waals surface area contributed by atoms with Crippen molar-refractivity contribution in [2.45, 2.75) is 27.2 Å². The molecule has 0 bridgehead atoms. The Morgan fingerprint density at radius 3 is 2.59 bits per heavy atom. The van der Waals surface area contributed by atoms with Crippen LogP contribution in [0.4, 0.5) is 11.4 Å². The summed E-state index contributed by atoms with van der Waals surface area (Å²) in [6, 6.07) is 11.3. The molecule has 0 aliphatic carbocycles. The molecule has 0 saturated carbocycles. The van der Waals surface area contributed by atoms with Crippen LogP contribution in [0.3, 0.4) is 0 Å². The maximum Gasteiger partial charge on any atom is 0.311 e. The topological polar surface area (TPSA) is 75.7 Å². The van der Waals surface area contributed by atoms with E-state index < -0.39 is 17.8 Å². The fraction of sp³-hybridized carbons (Fsp3) is 0.318. The average molecular weight is 459 g/mol. The second-order valence-electron chi connectivity index (χ2n) is 7.31. The first kappa shape index (κ1) is 21.0. The van der Waals surface area contributed by atoms with Crippen molar-refractivity contribution >= 4 is 45.1 Å². The number of hydrogen-bond donors (Lipinski definition) is 1. The number of carbonyl (C=O) groups is 3. The molecule has 152 valence electrons. The highest BCUT2D eigenvalue weighted by Crippen LogP contribution is 2.29. The summed E-state index contributed by atoms with van der Waals surface area (Å²) in [5.74, 6) is -1.65. The van der Waals surface area contributed by atoms with Crippen LogP contribution in [-0.4, -0.2) is 30.9 Å². The predicted molar refractivity (Wildman–Crippen MR) is 115 cm³/mol. The fourth-order valence-corrected chi connectivity index (χ4v) is 3.89. The molecule has 1 fully saturated rings. The number of benzene rings is 2. The number of nitrogens with zero attached hydrogens (tertiary/aromatic N) is 1. The van der Waals surface area contributed by atoms with Crippen LogP contribution < -0.4 is 10.2 Å². The van der Waals surface area contributed by atoms with Gasteiger partial charge in [0.25, 0.3) is 5.91 Å². The first-order valence-corrected chi connectivity index (χ1v) is 10.1. The molecule has 6 nitrogen and oxygen atoms in total. The van der Waals surface area contributed by atoms with E-state index in [9.17, 15) is 14.4 Å². The summed E-state index contributed by atoms with van der Waals surface area (Å²) in [4.78, 5) is 38.5. The van der Waals surface area contributed by atoms with Gasteiger partial charge in [0, 0.05) is 28.8 Å². The molecule has 0 radical (unpaired) electrons. The zero-order valence-corrected chi connectivity index (χ0v) is 18.2. The molecule has 3 rings (SSSR count). The van der Waals surface area contributed by atoms with E-state index in [0.717, 1.165) is 26.9 Å². The first-order chi connectivity index (χ1) is 13.7. The van der Waals surface area contributed by atoms with Gasteiger partial charge in [-0.2, -0.15) is 0 Å². The van der Waals surface area contributed by atoms with Crippen molar-refractivity contribution in [3.05, 3.63) is 57.6 Å². The van der Waals surface area contributed by atoms with Crippen molar-refractivity contribution in [1.29, 1.82) is 0 Å². The van der Waals surface area contributed by atoms with Crippen LogP contribution in [0, 0.1) is 26.7 Å². The highest BCUT2D eigenvalue weighted by Gasteiger charge is 2.36. The zero-order valence-electron chi connectivity index (χ0n) is 16.6. The van der Waals surface area contributed by atoms with Gasteiger partial charge in [-0.1, -0.05) is 33.6 Å². The van der Waals surface area contributed by atoms with Crippen molar-refractivity contribution in [3.8, 4) is 0 Å². The highest BCUT2D eigenvalue weighted by molar-refractivity contribution is 9.10. The summed E-state index contributed by atoms with van der Waals surface area (Å²) >= 11 is 3.37. The maximum absolute atomic E-state index is 12.4. The zero-order chi connectivity index (χ0) is 21.1. The van der Waals surface area contributed by atoms with Gasteiger partial charge in [0.15, 0.2) is 6.61 Å². The van der Waals surface area contributed by atoms with Gasteiger partial charge in [-0.15, -0.1) is 0 Å². The fourth-order valence-electron chi connectivity index (χ4n) is 3.41. The number of amides is 2. The van der Waals surface area contributed by atoms with Gasteiger partial charge < -0.3 is 15.0 Å². The first-order valence-electron chi connectivity index (χ1n) is 9.35. The largest absolute Gasteiger partial charge is 0.455 e. The Labute approximate surface area is 178 Å². The van der Waals surface area contributed by atoms with E-state index in [1.165, 1.54) is 0 Å². The predicted octanol–water partition coefficient (Wildman–Crippen LogP) is 3.91. The molecule has 0 spiro atoms. The van der Waals surface area contributed by atoms with Crippen LogP contribution >= 0.6 is 15.9 Å². The number of hydrogen-bond acceptors (Lipinski definition) is 4. The molecule has 1 aliphatic rings. The molecule has 2 aromatic carbocycles. The normalized spacial score (nSPS) is 16.1. The summed E-state index contributed by atoms with van der Waals surface area (Å²) in [7, 11) is 0. The van der Waals surface area contributed by atoms with Gasteiger partial charge in [-0.05, 0) is 56.2 Å². The molecule has 1 saturated heterocycles. The molecule has 7 heteroatoms. The molecule has 2 aromatic rings. The van der Waals surface area contributed by atoms with Crippen LogP contribution in [0.25, 0.3) is 0 Å². The number of nitrogens with one attached hydrogen (secondary N) is 1. The summed E-state index contributed by atoms with van der Waals surface area (Å²) in [5, 5.41) is 2.73. The minimum absolute atomic E-state index is 0.0829. The molecule has 29 heavy (non-hydrogen) atoms. The maximum atomic E-state index is 12.4. The third-order valence-electron chi connectivity index (χ3n) is 4.91. The van der Waals surface area contributed by atoms with Gasteiger partial charge >= 0.3 is 5.97 Å². The number of rotatable bonds is 5. The lowest BCUT2D eigenvalue weighted by molar-refractivity contribution is -0.151. The number of halogens is 1. The number of aryl methyl sites for hydroxylation is 3. The molecular formula is C22H23BrN2O4. The summed E-state index contributed by atoms with van der Waals surface area (Å²) in [5.41, 5.74) is 4.45. The van der Waals surface area contributed by atoms with E-state index in [1.54, 1.807) is 11.0 Å². The number of ether oxygens (including phenoxy) is 1. The minimum atomic E-state index is -0.578. The molecule has 1 aliphatic heterocycles. The van der Waals surface area contributed by atoms with Gasteiger partial charge in [0.1, 0.15) is 0 Å². The minimum Gasteiger partial charge on any atom is -0.455 e. The Morgan fingerprint density at radius 1 is 1.14 bits per heavy atom. The lowest BCUT2D eigenvalue weighted by atomic mass is 10.1. The van der Waals surface area contributed by atoms with E-state index in [2.05, 4.69) is 21.2 Å². The molecule has 2 amide bonds. The van der Waals surface area contributed by atoms with E-state index >= 15 is 0 Å². The van der Waals surface area contributed by atoms with Crippen molar-refractivity contribution in [2.75, 3.05) is 23.4 Å². The standard InChI is InChI=1S/C22H23BrN2O4/c1-13-4-7-19(15(3)8-13)25-11-16(10-21(25)27)22(28)29-12-20(26)24-18-6-5-17(23)9-14(18)2/h4-9,16H,10-12H2,1-3H3,(H,24,26)/t16-/m1/s1. The summed E-state index contributed by atoms with van der Waals surface area (Å²) in [6.07, 6.45) is 0.0829. The monoisotopic (exact) mass is 458 g/mol. The Kier molecular flexibility index (Phi) is 6.37. The third kappa shape index (κ3) is 5.03. The second kappa shape index (κ2) is 8.78. The van der Waals surface area contributed by atoms with Crippen LogP contribution in [0.1, 0.15) is 23.1 Å². The van der Waals surface area contributed by atoms with Crippen molar-refractivity contribution < 1.29 is 19.1 Å². The average Bonchev–Trinajstić information content (AvgIpc) is 3.04. The second-order valence-corrected chi connectivity index (χ2v) is 8.23. The quantitative estimate of drug-likeness (QED) is 0.689. The van der Waals surface area contributed by atoms with E-state index in [4.69, 9.17) is 4.74 Å². The van der Waals surface area contributed by atoms with E-state index in [-0.39, 0.29) is 25.5 Å². The van der Waals surface area contributed by atoms with Crippen molar-refractivity contribution in [3.63, 3.8) is 0 Å². The van der Waals surface area contributed by atoms with Crippen LogP contribution in [-0.2, 0) is 19.1 Å². The van der Waals surface area contributed by atoms with E-state index in [1.807, 2.05) is 51.1 Å².